The fourth-order valence-electron chi connectivity index (χ4n) is 2.44. The van der Waals surface area contributed by atoms with Gasteiger partial charge in [-0.2, -0.15) is 0 Å². The normalized spacial score (nSPS) is 12.0. The van der Waals surface area contributed by atoms with Crippen LogP contribution in [0.15, 0.2) is 0 Å². The van der Waals surface area contributed by atoms with Crippen molar-refractivity contribution in [2.75, 3.05) is 7.05 Å². The van der Waals surface area contributed by atoms with Gasteiger partial charge < -0.3 is 10.1 Å². The molecule has 1 amide bonds. The first-order valence-electron chi connectivity index (χ1n) is 8.48. The fraction of sp³-hybridized carbons (Fsp3) is 0.882. The molecule has 21 heavy (non-hydrogen) atoms. The minimum atomic E-state index is -0.220. The third-order valence-corrected chi connectivity index (χ3v) is 3.67. The van der Waals surface area contributed by atoms with Crippen molar-refractivity contribution in [3.8, 4) is 0 Å². The largest absolute Gasteiger partial charge is 0.463 e. The molecule has 124 valence electrons. The summed E-state index contributed by atoms with van der Waals surface area (Å²) in [5.74, 6) is -0.171. The quantitative estimate of drug-likeness (QED) is 0.413. The van der Waals surface area contributed by atoms with Crippen LogP contribution < -0.4 is 5.32 Å². The first kappa shape index (κ1) is 19.9. The lowest BCUT2D eigenvalue weighted by Gasteiger charge is -2.16. The number of carbonyl (C=O) groups is 2. The molecule has 4 heteroatoms. The number of esters is 1. The molecule has 4 nitrogen and oxygen atoms in total. The van der Waals surface area contributed by atoms with Crippen LogP contribution in [0.2, 0.25) is 0 Å². The molecule has 1 atom stereocenters. The number of nitrogens with one attached hydrogen (secondary N) is 1. The summed E-state index contributed by atoms with van der Waals surface area (Å²) in [5, 5.41) is 2.61. The van der Waals surface area contributed by atoms with Gasteiger partial charge in [-0.25, -0.2) is 0 Å². The van der Waals surface area contributed by atoms with E-state index in [1.54, 1.807) is 7.05 Å². The van der Waals surface area contributed by atoms with Crippen LogP contribution >= 0.6 is 0 Å². The number of amides is 1. The first-order chi connectivity index (χ1) is 10.1. The SMILES string of the molecule is CCCCCCCCC[C@H](CCCC(=O)NC)OC(C)=O. The molecule has 0 heterocycles. The van der Waals surface area contributed by atoms with Gasteiger partial charge in [0.1, 0.15) is 6.10 Å². The molecule has 0 rings (SSSR count). The maximum atomic E-state index is 11.2. The van der Waals surface area contributed by atoms with Crippen LogP contribution in [-0.4, -0.2) is 25.0 Å². The molecule has 0 aliphatic heterocycles. The van der Waals surface area contributed by atoms with Crippen molar-refractivity contribution in [2.45, 2.75) is 90.6 Å². The summed E-state index contributed by atoms with van der Waals surface area (Å²) in [6.07, 6.45) is 11.8. The van der Waals surface area contributed by atoms with Crippen molar-refractivity contribution >= 4 is 11.9 Å². The highest BCUT2D eigenvalue weighted by Gasteiger charge is 2.12. The molecule has 0 aliphatic rings. The molecule has 0 aromatic carbocycles. The van der Waals surface area contributed by atoms with Gasteiger partial charge >= 0.3 is 5.97 Å². The Morgan fingerprint density at radius 2 is 1.52 bits per heavy atom. The summed E-state index contributed by atoms with van der Waals surface area (Å²) >= 11 is 0. The summed E-state index contributed by atoms with van der Waals surface area (Å²) < 4.78 is 5.34. The maximum Gasteiger partial charge on any atom is 0.302 e. The van der Waals surface area contributed by atoms with Crippen LogP contribution in [0.4, 0.5) is 0 Å². The van der Waals surface area contributed by atoms with Gasteiger partial charge in [0, 0.05) is 20.4 Å². The average Bonchev–Trinajstić information content (AvgIpc) is 2.45. The average molecular weight is 299 g/mol. The zero-order valence-electron chi connectivity index (χ0n) is 14.1. The Hall–Kier alpha value is -1.06. The number of rotatable bonds is 13. The van der Waals surface area contributed by atoms with Crippen LogP contribution in [-0.2, 0) is 14.3 Å². The molecular formula is C17H33NO3. The molecule has 0 saturated carbocycles. The van der Waals surface area contributed by atoms with Crippen molar-refractivity contribution in [1.82, 2.24) is 5.32 Å². The van der Waals surface area contributed by atoms with E-state index >= 15 is 0 Å². The summed E-state index contributed by atoms with van der Waals surface area (Å²) in [5.41, 5.74) is 0. The molecule has 0 unspecified atom stereocenters. The van der Waals surface area contributed by atoms with Crippen molar-refractivity contribution in [3.05, 3.63) is 0 Å². The Bertz CT molecular complexity index is 279. The number of ether oxygens (including phenoxy) is 1. The molecular weight excluding hydrogens is 266 g/mol. The van der Waals surface area contributed by atoms with Crippen molar-refractivity contribution in [2.24, 2.45) is 0 Å². The topological polar surface area (TPSA) is 55.4 Å². The maximum absolute atomic E-state index is 11.2. The van der Waals surface area contributed by atoms with E-state index in [0.717, 1.165) is 25.7 Å². The van der Waals surface area contributed by atoms with Crippen LogP contribution in [0.1, 0.15) is 84.5 Å². The van der Waals surface area contributed by atoms with Crippen molar-refractivity contribution < 1.29 is 14.3 Å². The summed E-state index contributed by atoms with van der Waals surface area (Å²) in [6.45, 7) is 3.68. The number of hydrogen-bond donors (Lipinski definition) is 1. The fourth-order valence-corrected chi connectivity index (χ4v) is 2.44. The smallest absolute Gasteiger partial charge is 0.302 e. The second-order valence-corrected chi connectivity index (χ2v) is 5.71. The van der Waals surface area contributed by atoms with Crippen LogP contribution in [0, 0.1) is 0 Å². The van der Waals surface area contributed by atoms with Crippen LogP contribution in [0.25, 0.3) is 0 Å². The Balaban J connectivity index is 3.75. The Morgan fingerprint density at radius 3 is 2.10 bits per heavy atom. The minimum absolute atomic E-state index is 0.0252. The molecule has 0 aromatic heterocycles. The van der Waals surface area contributed by atoms with Crippen LogP contribution in [0.5, 0.6) is 0 Å². The second kappa shape index (κ2) is 13.9. The van der Waals surface area contributed by atoms with Gasteiger partial charge in [0.15, 0.2) is 0 Å². The number of carbonyl (C=O) groups excluding carboxylic acids is 2. The third-order valence-electron chi connectivity index (χ3n) is 3.67. The summed E-state index contributed by atoms with van der Waals surface area (Å²) in [4.78, 5) is 22.3. The highest BCUT2D eigenvalue weighted by molar-refractivity contribution is 5.75. The summed E-state index contributed by atoms with van der Waals surface area (Å²) in [6, 6.07) is 0. The van der Waals surface area contributed by atoms with Crippen molar-refractivity contribution in [1.29, 1.82) is 0 Å². The van der Waals surface area contributed by atoms with E-state index in [2.05, 4.69) is 12.2 Å². The monoisotopic (exact) mass is 299 g/mol. The Labute approximate surface area is 130 Å². The second-order valence-electron chi connectivity index (χ2n) is 5.71. The summed E-state index contributed by atoms with van der Waals surface area (Å²) in [7, 11) is 1.64. The van der Waals surface area contributed by atoms with Gasteiger partial charge in [-0.05, 0) is 25.7 Å². The zero-order valence-corrected chi connectivity index (χ0v) is 14.1. The molecule has 0 saturated heterocycles. The van der Waals surface area contributed by atoms with Gasteiger partial charge in [-0.1, -0.05) is 45.4 Å². The lowest BCUT2D eigenvalue weighted by molar-refractivity contribution is -0.147. The predicted octanol–water partition coefficient (Wildman–Crippen LogP) is 3.98. The highest BCUT2D eigenvalue weighted by Crippen LogP contribution is 2.15. The molecule has 1 N–H and O–H groups in total. The molecule has 0 aromatic rings. The van der Waals surface area contributed by atoms with Crippen LogP contribution in [0.3, 0.4) is 0 Å². The predicted molar refractivity (Wildman–Crippen MR) is 86.1 cm³/mol. The lowest BCUT2D eigenvalue weighted by Crippen LogP contribution is -2.20. The van der Waals surface area contributed by atoms with Gasteiger partial charge in [0.25, 0.3) is 0 Å². The van der Waals surface area contributed by atoms with E-state index in [1.165, 1.54) is 45.4 Å². The number of hydrogen-bond acceptors (Lipinski definition) is 3. The first-order valence-corrected chi connectivity index (χ1v) is 8.48. The highest BCUT2D eigenvalue weighted by atomic mass is 16.5. The van der Waals surface area contributed by atoms with E-state index in [4.69, 9.17) is 4.74 Å². The minimum Gasteiger partial charge on any atom is -0.463 e. The van der Waals surface area contributed by atoms with E-state index in [-0.39, 0.29) is 18.0 Å². The third kappa shape index (κ3) is 13.7. The number of unbranched alkanes of at least 4 members (excludes halogenated alkanes) is 6. The molecule has 0 aliphatic carbocycles. The lowest BCUT2D eigenvalue weighted by atomic mass is 10.0. The van der Waals surface area contributed by atoms with E-state index in [0.29, 0.717) is 6.42 Å². The molecule has 0 bridgehead atoms. The Morgan fingerprint density at radius 1 is 0.952 bits per heavy atom. The molecule has 0 radical (unpaired) electrons. The van der Waals surface area contributed by atoms with Gasteiger partial charge in [-0.15, -0.1) is 0 Å². The van der Waals surface area contributed by atoms with E-state index in [1.807, 2.05) is 0 Å². The van der Waals surface area contributed by atoms with Gasteiger partial charge in [0.05, 0.1) is 0 Å². The Kier molecular flexibility index (Phi) is 13.2. The van der Waals surface area contributed by atoms with E-state index in [9.17, 15) is 9.59 Å². The molecule has 0 spiro atoms. The molecule has 0 fully saturated rings. The zero-order chi connectivity index (χ0) is 15.9. The van der Waals surface area contributed by atoms with E-state index < -0.39 is 0 Å². The van der Waals surface area contributed by atoms with Crippen molar-refractivity contribution in [3.63, 3.8) is 0 Å². The van der Waals surface area contributed by atoms with Gasteiger partial charge in [-0.3, -0.25) is 9.59 Å². The standard InChI is InChI=1S/C17H33NO3/c1-4-5-6-7-8-9-10-12-16(21-15(2)19)13-11-14-17(20)18-3/h16H,4-14H2,1-3H3,(H,18,20)/t16-/m1/s1. The van der Waals surface area contributed by atoms with Gasteiger partial charge in [0.2, 0.25) is 5.91 Å².